The molecule has 0 amide bonds. The molecule has 1 aromatic carbocycles. The molecule has 1 aromatic heterocycles. The van der Waals surface area contributed by atoms with Crippen LogP contribution in [0, 0.1) is 6.92 Å². The van der Waals surface area contributed by atoms with Crippen molar-refractivity contribution in [3.8, 4) is 11.5 Å². The molecule has 0 aliphatic rings. The minimum Gasteiger partial charge on any atom is -0.455 e. The quantitative estimate of drug-likeness (QED) is 0.888. The number of anilines is 1. The second-order valence-corrected chi connectivity index (χ2v) is 4.69. The molecule has 18 heavy (non-hydrogen) atoms. The zero-order chi connectivity index (χ0) is 13.1. The van der Waals surface area contributed by atoms with Crippen molar-refractivity contribution >= 4 is 5.69 Å². The van der Waals surface area contributed by atoms with Gasteiger partial charge in [0.25, 0.3) is 0 Å². The highest BCUT2D eigenvalue weighted by Crippen LogP contribution is 2.29. The van der Waals surface area contributed by atoms with Gasteiger partial charge < -0.3 is 10.5 Å². The second kappa shape index (κ2) is 5.08. The van der Waals surface area contributed by atoms with Gasteiger partial charge in [-0.2, -0.15) is 0 Å². The third kappa shape index (κ3) is 2.62. The second-order valence-electron chi connectivity index (χ2n) is 4.69. The highest BCUT2D eigenvalue weighted by molar-refractivity contribution is 5.52. The van der Waals surface area contributed by atoms with E-state index in [1.54, 1.807) is 18.5 Å². The first-order chi connectivity index (χ1) is 8.58. The monoisotopic (exact) mass is 242 g/mol. The number of ether oxygens (including phenoxy) is 1. The number of benzene rings is 1. The molecular formula is C15H18N2O. The van der Waals surface area contributed by atoms with E-state index >= 15 is 0 Å². The largest absolute Gasteiger partial charge is 0.455 e. The molecule has 2 rings (SSSR count). The van der Waals surface area contributed by atoms with E-state index < -0.39 is 0 Å². The van der Waals surface area contributed by atoms with Crippen LogP contribution in [0.2, 0.25) is 0 Å². The zero-order valence-electron chi connectivity index (χ0n) is 11.0. The van der Waals surface area contributed by atoms with E-state index in [0.29, 0.717) is 17.4 Å². The maximum absolute atomic E-state index is 5.80. The van der Waals surface area contributed by atoms with Crippen LogP contribution in [0.1, 0.15) is 30.9 Å². The Morgan fingerprint density at radius 1 is 1.22 bits per heavy atom. The fourth-order valence-corrected chi connectivity index (χ4v) is 1.97. The van der Waals surface area contributed by atoms with Crippen molar-refractivity contribution in [1.29, 1.82) is 0 Å². The van der Waals surface area contributed by atoms with E-state index in [-0.39, 0.29) is 0 Å². The number of rotatable bonds is 3. The highest BCUT2D eigenvalue weighted by atomic mass is 16.5. The molecule has 94 valence electrons. The molecule has 0 saturated heterocycles. The Kier molecular flexibility index (Phi) is 3.51. The molecule has 3 nitrogen and oxygen atoms in total. The summed E-state index contributed by atoms with van der Waals surface area (Å²) < 4.78 is 5.76. The molecule has 0 aliphatic heterocycles. The van der Waals surface area contributed by atoms with Crippen LogP contribution in [-0.2, 0) is 0 Å². The Labute approximate surface area is 108 Å². The number of nitrogens with two attached hydrogens (primary N) is 1. The summed E-state index contributed by atoms with van der Waals surface area (Å²) in [5.41, 5.74) is 8.91. The Balaban J connectivity index is 2.26. The minimum atomic E-state index is 0.519. The number of pyridine rings is 1. The number of hydrogen-bond acceptors (Lipinski definition) is 3. The van der Waals surface area contributed by atoms with Gasteiger partial charge in [-0.25, -0.2) is 0 Å². The van der Waals surface area contributed by atoms with Crippen LogP contribution in [0.15, 0.2) is 36.7 Å². The molecule has 0 spiro atoms. The maximum atomic E-state index is 5.80. The summed E-state index contributed by atoms with van der Waals surface area (Å²) in [6.07, 6.45) is 3.26. The van der Waals surface area contributed by atoms with Crippen molar-refractivity contribution in [2.45, 2.75) is 26.7 Å². The predicted molar refractivity (Wildman–Crippen MR) is 74.0 cm³/mol. The van der Waals surface area contributed by atoms with Gasteiger partial charge in [0.15, 0.2) is 5.75 Å². The van der Waals surface area contributed by atoms with E-state index in [9.17, 15) is 0 Å². The minimum absolute atomic E-state index is 0.519. The van der Waals surface area contributed by atoms with Gasteiger partial charge in [-0.3, -0.25) is 4.98 Å². The van der Waals surface area contributed by atoms with E-state index in [4.69, 9.17) is 10.5 Å². The molecule has 0 unspecified atom stereocenters. The van der Waals surface area contributed by atoms with Crippen molar-refractivity contribution in [3.05, 3.63) is 47.8 Å². The third-order valence-electron chi connectivity index (χ3n) is 2.90. The summed E-state index contributed by atoms with van der Waals surface area (Å²) in [6, 6.07) is 7.88. The van der Waals surface area contributed by atoms with Crippen LogP contribution < -0.4 is 10.5 Å². The fourth-order valence-electron chi connectivity index (χ4n) is 1.97. The van der Waals surface area contributed by atoms with Crippen LogP contribution >= 0.6 is 0 Å². The van der Waals surface area contributed by atoms with E-state index in [2.05, 4.69) is 31.8 Å². The lowest BCUT2D eigenvalue weighted by Gasteiger charge is -2.13. The topological polar surface area (TPSA) is 48.1 Å². The standard InChI is InChI=1S/C15H18N2O/c1-10(2)13-5-4-12(8-11(13)3)18-15-6-7-17-9-14(15)16/h4-10H,16H2,1-3H3. The molecular weight excluding hydrogens is 224 g/mol. The van der Waals surface area contributed by atoms with Gasteiger partial charge in [0, 0.05) is 12.3 Å². The Bertz CT molecular complexity index is 550. The van der Waals surface area contributed by atoms with Gasteiger partial charge >= 0.3 is 0 Å². The molecule has 0 bridgehead atoms. The van der Waals surface area contributed by atoms with Gasteiger partial charge in [0.2, 0.25) is 0 Å². The first kappa shape index (κ1) is 12.4. The SMILES string of the molecule is Cc1cc(Oc2ccncc2N)ccc1C(C)C. The molecule has 3 heteroatoms. The van der Waals surface area contributed by atoms with Crippen molar-refractivity contribution < 1.29 is 4.74 Å². The average molecular weight is 242 g/mol. The van der Waals surface area contributed by atoms with Crippen molar-refractivity contribution in [1.82, 2.24) is 4.98 Å². The number of aryl methyl sites for hydroxylation is 1. The third-order valence-corrected chi connectivity index (χ3v) is 2.90. The molecule has 0 atom stereocenters. The van der Waals surface area contributed by atoms with Gasteiger partial charge in [-0.15, -0.1) is 0 Å². The molecule has 2 aromatic rings. The van der Waals surface area contributed by atoms with E-state index in [0.717, 1.165) is 5.75 Å². The van der Waals surface area contributed by atoms with Crippen molar-refractivity contribution in [3.63, 3.8) is 0 Å². The normalized spacial score (nSPS) is 10.7. The molecule has 1 heterocycles. The first-order valence-corrected chi connectivity index (χ1v) is 6.06. The first-order valence-electron chi connectivity index (χ1n) is 6.06. The Hall–Kier alpha value is -2.03. The lowest BCUT2D eigenvalue weighted by Crippen LogP contribution is -1.95. The summed E-state index contributed by atoms with van der Waals surface area (Å²) in [7, 11) is 0. The number of nitrogen functional groups attached to an aromatic ring is 1. The lowest BCUT2D eigenvalue weighted by atomic mass is 9.98. The predicted octanol–water partition coefficient (Wildman–Crippen LogP) is 3.89. The van der Waals surface area contributed by atoms with Crippen LogP contribution in [0.25, 0.3) is 0 Å². The number of nitrogens with zero attached hydrogens (tertiary/aromatic N) is 1. The van der Waals surface area contributed by atoms with Gasteiger partial charge in [-0.1, -0.05) is 19.9 Å². The van der Waals surface area contributed by atoms with Crippen LogP contribution in [-0.4, -0.2) is 4.98 Å². The van der Waals surface area contributed by atoms with Crippen LogP contribution in [0.4, 0.5) is 5.69 Å². The summed E-state index contributed by atoms with van der Waals surface area (Å²) in [6.45, 7) is 6.46. The van der Waals surface area contributed by atoms with Gasteiger partial charge in [0.05, 0.1) is 11.9 Å². The zero-order valence-corrected chi connectivity index (χ0v) is 11.0. The van der Waals surface area contributed by atoms with Gasteiger partial charge in [0.1, 0.15) is 5.75 Å². The number of hydrogen-bond donors (Lipinski definition) is 1. The molecule has 2 N–H and O–H groups in total. The lowest BCUT2D eigenvalue weighted by molar-refractivity contribution is 0.483. The summed E-state index contributed by atoms with van der Waals surface area (Å²) in [5.74, 6) is 1.96. The molecule has 0 saturated carbocycles. The molecule has 0 fully saturated rings. The van der Waals surface area contributed by atoms with Crippen molar-refractivity contribution in [2.75, 3.05) is 5.73 Å². The fraction of sp³-hybridized carbons (Fsp3) is 0.267. The summed E-state index contributed by atoms with van der Waals surface area (Å²) >= 11 is 0. The van der Waals surface area contributed by atoms with Crippen molar-refractivity contribution in [2.24, 2.45) is 0 Å². The maximum Gasteiger partial charge on any atom is 0.153 e. The van der Waals surface area contributed by atoms with Gasteiger partial charge in [-0.05, 0) is 36.1 Å². The molecule has 0 radical (unpaired) electrons. The smallest absolute Gasteiger partial charge is 0.153 e. The summed E-state index contributed by atoms with van der Waals surface area (Å²) in [4.78, 5) is 3.94. The Morgan fingerprint density at radius 2 is 2.00 bits per heavy atom. The van der Waals surface area contributed by atoms with Crippen LogP contribution in [0.5, 0.6) is 11.5 Å². The highest BCUT2D eigenvalue weighted by Gasteiger charge is 2.06. The number of aromatic nitrogens is 1. The Morgan fingerprint density at radius 3 is 2.61 bits per heavy atom. The summed E-state index contributed by atoms with van der Waals surface area (Å²) in [5, 5.41) is 0. The van der Waals surface area contributed by atoms with E-state index in [1.165, 1.54) is 11.1 Å². The molecule has 0 aliphatic carbocycles. The average Bonchev–Trinajstić information content (AvgIpc) is 2.32. The van der Waals surface area contributed by atoms with E-state index in [1.807, 2.05) is 12.1 Å². The van der Waals surface area contributed by atoms with Crippen LogP contribution in [0.3, 0.4) is 0 Å².